The van der Waals surface area contributed by atoms with Gasteiger partial charge >= 0.3 is 0 Å². The molecule has 1 unspecified atom stereocenters. The second kappa shape index (κ2) is 10.9. The maximum absolute atomic E-state index is 12.6. The molecule has 0 radical (unpaired) electrons. The van der Waals surface area contributed by atoms with E-state index < -0.39 is 5.91 Å². The molecule has 204 valence electrons. The average molecular weight is 530 g/mol. The lowest BCUT2D eigenvalue weighted by molar-refractivity contribution is -0.00884. The third kappa shape index (κ3) is 5.88. The molecule has 3 aromatic rings. The number of carbonyl (C=O) groups excluding carboxylic acids is 1. The SMILES string of the molecule is Cc1cccnc1-c1nc(C(N)=O)c(Nc2ccc(CN3CCOCC3)cc2)nc1NC1CCOC2(CC2)C1. The number of aromatic nitrogens is 3. The summed E-state index contributed by atoms with van der Waals surface area (Å²) in [5, 5.41) is 6.91. The van der Waals surface area contributed by atoms with E-state index in [0.717, 1.165) is 69.8 Å². The zero-order valence-electron chi connectivity index (χ0n) is 22.3. The number of benzene rings is 1. The van der Waals surface area contributed by atoms with E-state index >= 15 is 0 Å². The van der Waals surface area contributed by atoms with Crippen LogP contribution in [0, 0.1) is 6.92 Å². The maximum Gasteiger partial charge on any atom is 0.271 e. The quantitative estimate of drug-likeness (QED) is 0.401. The zero-order valence-corrected chi connectivity index (χ0v) is 22.3. The average Bonchev–Trinajstić information content (AvgIpc) is 3.68. The minimum absolute atomic E-state index is 0.00162. The van der Waals surface area contributed by atoms with E-state index in [-0.39, 0.29) is 17.3 Å². The first kappa shape index (κ1) is 25.7. The highest BCUT2D eigenvalue weighted by atomic mass is 16.5. The normalized spacial score (nSPS) is 20.5. The van der Waals surface area contributed by atoms with Crippen molar-refractivity contribution in [1.82, 2.24) is 19.9 Å². The molecule has 1 aromatic carbocycles. The number of hydrogen-bond donors (Lipinski definition) is 3. The number of rotatable bonds is 8. The zero-order chi connectivity index (χ0) is 26.8. The monoisotopic (exact) mass is 529 g/mol. The van der Waals surface area contributed by atoms with Crippen LogP contribution < -0.4 is 16.4 Å². The number of anilines is 3. The summed E-state index contributed by atoms with van der Waals surface area (Å²) in [5.41, 5.74) is 10.0. The molecule has 1 spiro atoms. The van der Waals surface area contributed by atoms with Crippen LogP contribution in [0.15, 0.2) is 42.6 Å². The summed E-state index contributed by atoms with van der Waals surface area (Å²) < 4.78 is 11.5. The highest BCUT2D eigenvalue weighted by Crippen LogP contribution is 2.47. The fourth-order valence-electron chi connectivity index (χ4n) is 5.37. The number of morpholine rings is 1. The number of amides is 1. The Labute approximate surface area is 228 Å². The van der Waals surface area contributed by atoms with E-state index in [0.29, 0.717) is 29.6 Å². The molecule has 4 N–H and O–H groups in total. The summed E-state index contributed by atoms with van der Waals surface area (Å²) in [6, 6.07) is 12.2. The van der Waals surface area contributed by atoms with Gasteiger partial charge in [0.15, 0.2) is 17.3 Å². The molecule has 4 heterocycles. The van der Waals surface area contributed by atoms with Crippen molar-refractivity contribution >= 4 is 23.2 Å². The fraction of sp³-hybridized carbons (Fsp3) is 0.448. The topological polar surface area (TPSA) is 128 Å². The predicted octanol–water partition coefficient (Wildman–Crippen LogP) is 3.65. The summed E-state index contributed by atoms with van der Waals surface area (Å²) in [7, 11) is 0. The van der Waals surface area contributed by atoms with Crippen molar-refractivity contribution in [3.05, 3.63) is 59.4 Å². The van der Waals surface area contributed by atoms with Gasteiger partial charge in [-0.2, -0.15) is 0 Å². The van der Waals surface area contributed by atoms with Gasteiger partial charge in [-0.15, -0.1) is 0 Å². The van der Waals surface area contributed by atoms with Gasteiger partial charge in [-0.3, -0.25) is 14.7 Å². The Kier molecular flexibility index (Phi) is 7.16. The number of nitrogens with two attached hydrogens (primary N) is 1. The minimum atomic E-state index is -0.654. The molecule has 2 aliphatic heterocycles. The molecular weight excluding hydrogens is 494 g/mol. The molecular formula is C29H35N7O3. The second-order valence-electron chi connectivity index (χ2n) is 10.7. The smallest absolute Gasteiger partial charge is 0.271 e. The van der Waals surface area contributed by atoms with Crippen molar-refractivity contribution in [3.8, 4) is 11.4 Å². The van der Waals surface area contributed by atoms with Crippen molar-refractivity contribution in [2.45, 2.75) is 50.8 Å². The molecule has 2 aromatic heterocycles. The van der Waals surface area contributed by atoms with Crippen LogP contribution in [-0.2, 0) is 16.0 Å². The predicted molar refractivity (Wildman–Crippen MR) is 149 cm³/mol. The van der Waals surface area contributed by atoms with Gasteiger partial charge in [0.2, 0.25) is 0 Å². The lowest BCUT2D eigenvalue weighted by atomic mass is 10.0. The van der Waals surface area contributed by atoms with E-state index in [4.69, 9.17) is 25.2 Å². The van der Waals surface area contributed by atoms with Gasteiger partial charge in [0.1, 0.15) is 5.69 Å². The Morgan fingerprint density at radius 2 is 1.87 bits per heavy atom. The molecule has 0 bridgehead atoms. The number of hydrogen-bond acceptors (Lipinski definition) is 9. The van der Waals surface area contributed by atoms with Crippen molar-refractivity contribution in [2.75, 3.05) is 43.5 Å². The Morgan fingerprint density at radius 1 is 1.08 bits per heavy atom. The van der Waals surface area contributed by atoms with Crippen LogP contribution in [0.4, 0.5) is 17.3 Å². The van der Waals surface area contributed by atoms with E-state index in [2.05, 4.69) is 32.7 Å². The van der Waals surface area contributed by atoms with E-state index in [1.54, 1.807) is 6.20 Å². The number of primary amides is 1. The van der Waals surface area contributed by atoms with Gasteiger partial charge < -0.3 is 25.8 Å². The maximum atomic E-state index is 12.6. The molecule has 1 atom stereocenters. The Morgan fingerprint density at radius 3 is 2.59 bits per heavy atom. The van der Waals surface area contributed by atoms with Crippen LogP contribution in [0.3, 0.4) is 0 Å². The van der Waals surface area contributed by atoms with Crippen LogP contribution in [0.25, 0.3) is 11.4 Å². The summed E-state index contributed by atoms with van der Waals surface area (Å²) >= 11 is 0. The number of pyridine rings is 1. The highest BCUT2D eigenvalue weighted by molar-refractivity contribution is 5.97. The summed E-state index contributed by atoms with van der Waals surface area (Å²) in [6.45, 7) is 6.96. The van der Waals surface area contributed by atoms with Gasteiger partial charge in [-0.05, 0) is 61.9 Å². The van der Waals surface area contributed by atoms with Crippen molar-refractivity contribution in [1.29, 1.82) is 0 Å². The number of carbonyl (C=O) groups is 1. The first-order valence-electron chi connectivity index (χ1n) is 13.7. The number of nitrogens with zero attached hydrogens (tertiary/aromatic N) is 4. The number of ether oxygens (including phenoxy) is 2. The molecule has 1 amide bonds. The number of nitrogens with one attached hydrogen (secondary N) is 2. The molecule has 1 aliphatic carbocycles. The van der Waals surface area contributed by atoms with Crippen LogP contribution >= 0.6 is 0 Å². The highest BCUT2D eigenvalue weighted by Gasteiger charge is 2.48. The summed E-state index contributed by atoms with van der Waals surface area (Å²) in [5.74, 6) is 0.241. The molecule has 3 aliphatic rings. The van der Waals surface area contributed by atoms with Gasteiger partial charge in [0.25, 0.3) is 5.91 Å². The van der Waals surface area contributed by atoms with Gasteiger partial charge in [-0.1, -0.05) is 18.2 Å². The lowest BCUT2D eigenvalue weighted by Gasteiger charge is -2.31. The minimum Gasteiger partial charge on any atom is -0.379 e. The van der Waals surface area contributed by atoms with E-state index in [1.807, 2.05) is 31.2 Å². The number of aryl methyl sites for hydroxylation is 1. The van der Waals surface area contributed by atoms with Gasteiger partial charge in [0, 0.05) is 44.2 Å². The van der Waals surface area contributed by atoms with Crippen LogP contribution in [0.2, 0.25) is 0 Å². The Balaban J connectivity index is 1.30. The molecule has 1 saturated carbocycles. The summed E-state index contributed by atoms with van der Waals surface area (Å²) in [6.07, 6.45) is 5.70. The third-order valence-corrected chi connectivity index (χ3v) is 7.73. The van der Waals surface area contributed by atoms with Crippen molar-refractivity contribution in [3.63, 3.8) is 0 Å². The first-order valence-corrected chi connectivity index (χ1v) is 13.7. The van der Waals surface area contributed by atoms with E-state index in [9.17, 15) is 4.79 Å². The fourth-order valence-corrected chi connectivity index (χ4v) is 5.37. The molecule has 10 heteroatoms. The summed E-state index contributed by atoms with van der Waals surface area (Å²) in [4.78, 5) is 29.1. The van der Waals surface area contributed by atoms with Crippen molar-refractivity contribution < 1.29 is 14.3 Å². The van der Waals surface area contributed by atoms with E-state index in [1.165, 1.54) is 5.56 Å². The van der Waals surface area contributed by atoms with Crippen LogP contribution in [0.1, 0.15) is 47.3 Å². The van der Waals surface area contributed by atoms with Gasteiger partial charge in [-0.25, -0.2) is 9.97 Å². The Bertz CT molecular complexity index is 1340. The Hall–Kier alpha value is -3.60. The molecule has 6 rings (SSSR count). The molecule has 10 nitrogen and oxygen atoms in total. The molecule has 39 heavy (non-hydrogen) atoms. The molecule has 3 fully saturated rings. The van der Waals surface area contributed by atoms with Gasteiger partial charge in [0.05, 0.1) is 24.5 Å². The largest absolute Gasteiger partial charge is 0.379 e. The molecule has 2 saturated heterocycles. The second-order valence-corrected chi connectivity index (χ2v) is 10.7. The first-order chi connectivity index (χ1) is 19.0. The van der Waals surface area contributed by atoms with Crippen LogP contribution in [-0.4, -0.2) is 70.3 Å². The third-order valence-electron chi connectivity index (χ3n) is 7.73. The lowest BCUT2D eigenvalue weighted by Crippen LogP contribution is -2.36. The van der Waals surface area contributed by atoms with Crippen molar-refractivity contribution in [2.24, 2.45) is 5.73 Å². The standard InChI is InChI=1S/C29H35N7O3/c1-19-3-2-11-31-23(19)24-27(33-22-8-14-39-29(17-22)9-10-29)35-28(25(34-24)26(30)37)32-21-6-4-20(5-7-21)18-36-12-15-38-16-13-36/h2-7,11,22H,8-10,12-18H2,1H3,(H2,30,37)(H2,32,33,35). The van der Waals surface area contributed by atoms with Crippen LogP contribution in [0.5, 0.6) is 0 Å².